The molecule has 6 aromatic rings. The monoisotopic (exact) mass is 700 g/mol. The molecule has 254 valence electrons. The van der Waals surface area contributed by atoms with E-state index in [4.69, 9.17) is 23.2 Å². The van der Waals surface area contributed by atoms with Gasteiger partial charge in [0.15, 0.2) is 25.5 Å². The first-order valence-electron chi connectivity index (χ1n) is 18.5. The zero-order chi connectivity index (χ0) is 33.9. The number of pyridine rings is 2. The summed E-state index contributed by atoms with van der Waals surface area (Å²) in [5, 5.41) is 4.09. The van der Waals surface area contributed by atoms with E-state index in [1.165, 1.54) is 107 Å². The number of halogens is 2. The fourth-order valence-corrected chi connectivity index (χ4v) is 8.45. The van der Waals surface area contributed by atoms with Gasteiger partial charge in [-0.1, -0.05) is 85.3 Å². The Bertz CT molecular complexity index is 1970. The lowest BCUT2D eigenvalue weighted by Crippen LogP contribution is -2.36. The van der Waals surface area contributed by atoms with Gasteiger partial charge in [-0.2, -0.15) is 9.13 Å². The number of nitrogens with zero attached hydrogens (tertiary/aromatic N) is 4. The van der Waals surface area contributed by atoms with Gasteiger partial charge in [-0.3, -0.25) is 0 Å². The average Bonchev–Trinajstić information content (AvgIpc) is 3.59. The fourth-order valence-electron chi connectivity index (χ4n) is 8.12. The zero-order valence-corrected chi connectivity index (χ0v) is 30.3. The van der Waals surface area contributed by atoms with E-state index in [-0.39, 0.29) is 0 Å². The van der Waals surface area contributed by atoms with E-state index in [2.05, 4.69) is 116 Å². The summed E-state index contributed by atoms with van der Waals surface area (Å²) >= 11 is 13.2. The van der Waals surface area contributed by atoms with E-state index in [9.17, 15) is 0 Å². The van der Waals surface area contributed by atoms with Gasteiger partial charge < -0.3 is 9.80 Å². The summed E-state index contributed by atoms with van der Waals surface area (Å²) in [6.07, 6.45) is 14.8. The van der Waals surface area contributed by atoms with E-state index < -0.39 is 0 Å². The van der Waals surface area contributed by atoms with Crippen molar-refractivity contribution in [2.45, 2.75) is 64.5 Å². The van der Waals surface area contributed by atoms with Crippen LogP contribution in [0.1, 0.15) is 62.5 Å². The highest BCUT2D eigenvalue weighted by Gasteiger charge is 2.21. The lowest BCUT2D eigenvalue weighted by molar-refractivity contribution is -0.662. The van der Waals surface area contributed by atoms with Gasteiger partial charge in [-0.25, -0.2) is 0 Å². The van der Waals surface area contributed by atoms with Gasteiger partial charge in [0, 0.05) is 71.6 Å². The molecule has 4 aromatic carbocycles. The van der Waals surface area contributed by atoms with E-state index in [1.54, 1.807) is 0 Å². The molecular weight excluding hydrogens is 655 g/mol. The van der Waals surface area contributed by atoms with Crippen molar-refractivity contribution in [1.82, 2.24) is 0 Å². The second kappa shape index (κ2) is 15.0. The Morgan fingerprint density at radius 2 is 0.880 bits per heavy atom. The quantitative estimate of drug-likeness (QED) is 0.154. The second-order valence-electron chi connectivity index (χ2n) is 14.2. The molecule has 8 rings (SSSR count). The minimum Gasteiger partial charge on any atom is -0.371 e. The van der Waals surface area contributed by atoms with Gasteiger partial charge in [0.05, 0.1) is 22.1 Å². The number of benzene rings is 4. The number of aromatic nitrogens is 2. The Morgan fingerprint density at radius 1 is 0.460 bits per heavy atom. The molecule has 0 radical (unpaired) electrons. The van der Waals surface area contributed by atoms with E-state index in [0.717, 1.165) is 49.3 Å². The molecule has 2 aromatic heterocycles. The number of rotatable bonds is 7. The Labute approximate surface area is 306 Å². The van der Waals surface area contributed by atoms with Crippen molar-refractivity contribution in [3.8, 4) is 11.1 Å². The summed E-state index contributed by atoms with van der Waals surface area (Å²) in [6.45, 7) is 6.03. The predicted octanol–water partition coefficient (Wildman–Crippen LogP) is 10.4. The molecule has 2 aliphatic rings. The summed E-state index contributed by atoms with van der Waals surface area (Å²) in [4.78, 5) is 5.14. The van der Waals surface area contributed by atoms with E-state index >= 15 is 0 Å². The van der Waals surface area contributed by atoms with Crippen LogP contribution in [-0.2, 0) is 13.1 Å². The van der Waals surface area contributed by atoms with Gasteiger partial charge >= 0.3 is 0 Å². The predicted molar refractivity (Wildman–Crippen MR) is 210 cm³/mol. The highest BCUT2D eigenvalue weighted by Crippen LogP contribution is 2.31. The van der Waals surface area contributed by atoms with Crippen LogP contribution in [0.2, 0.25) is 10.0 Å². The van der Waals surface area contributed by atoms with Gasteiger partial charge in [0.25, 0.3) is 0 Å². The highest BCUT2D eigenvalue weighted by atomic mass is 35.5. The van der Waals surface area contributed by atoms with Crippen LogP contribution < -0.4 is 18.9 Å². The number of hydrogen-bond acceptors (Lipinski definition) is 2. The van der Waals surface area contributed by atoms with Crippen LogP contribution in [0.15, 0.2) is 109 Å². The number of fused-ring (bicyclic) bond motifs is 2. The Hall–Kier alpha value is -4.12. The number of hydrogen-bond donors (Lipinski definition) is 0. The fraction of sp³-hybridized carbons (Fsp3) is 0.318. The molecule has 4 nitrogen and oxygen atoms in total. The van der Waals surface area contributed by atoms with Gasteiger partial charge in [-0.05, 0) is 73.2 Å². The molecule has 0 unspecified atom stereocenters. The average molecular weight is 702 g/mol. The van der Waals surface area contributed by atoms with Gasteiger partial charge in [0.1, 0.15) is 0 Å². The highest BCUT2D eigenvalue weighted by molar-refractivity contribution is 6.31. The Kier molecular flexibility index (Phi) is 9.92. The molecule has 2 aliphatic heterocycles. The molecule has 0 amide bonds. The van der Waals surface area contributed by atoms with Crippen molar-refractivity contribution in [2.75, 3.05) is 36.0 Å². The summed E-state index contributed by atoms with van der Waals surface area (Å²) in [5.74, 6) is 0. The van der Waals surface area contributed by atoms with Crippen LogP contribution >= 0.6 is 23.2 Å². The molecule has 6 heteroatoms. The van der Waals surface area contributed by atoms with Crippen molar-refractivity contribution in [3.63, 3.8) is 0 Å². The lowest BCUT2D eigenvalue weighted by Gasteiger charge is -2.23. The standard InChI is InChI=1S/C44H46Cl2N4/c45-37-15-17-39-41(47-21-5-1-2-6-22-47)19-25-49(43(39)29-37)31-33-11-9-13-35(27-33)36-14-10-12-34(28-36)32-50-26-20-42(48-23-7-3-4-8-24-48)40-18-16-38(46)30-44(40)50/h9-20,25-30H,1-8,21-24,31-32H2/q+2. The molecular formula is C44H46Cl2N4+2. The first-order valence-corrected chi connectivity index (χ1v) is 19.3. The zero-order valence-electron chi connectivity index (χ0n) is 28.8. The van der Waals surface area contributed by atoms with Crippen molar-refractivity contribution in [3.05, 3.63) is 131 Å². The molecule has 0 bridgehead atoms. The van der Waals surface area contributed by atoms with Crippen LogP contribution in [0.3, 0.4) is 0 Å². The molecule has 0 N–H and O–H groups in total. The van der Waals surface area contributed by atoms with Crippen LogP contribution in [0.25, 0.3) is 32.9 Å². The first kappa shape index (κ1) is 33.0. The van der Waals surface area contributed by atoms with Crippen molar-refractivity contribution >= 4 is 56.4 Å². The molecule has 0 aliphatic carbocycles. The minimum atomic E-state index is 0.773. The summed E-state index contributed by atoms with van der Waals surface area (Å²) in [6, 6.07) is 35.3. The Morgan fingerprint density at radius 3 is 1.30 bits per heavy atom. The molecule has 4 heterocycles. The molecule has 2 saturated heterocycles. The topological polar surface area (TPSA) is 14.2 Å². The van der Waals surface area contributed by atoms with E-state index in [0.29, 0.717) is 0 Å². The maximum Gasteiger partial charge on any atom is 0.216 e. The van der Waals surface area contributed by atoms with Crippen molar-refractivity contribution in [2.24, 2.45) is 0 Å². The lowest BCUT2D eigenvalue weighted by atomic mass is 10.0. The largest absolute Gasteiger partial charge is 0.371 e. The summed E-state index contributed by atoms with van der Waals surface area (Å²) < 4.78 is 4.69. The third-order valence-electron chi connectivity index (χ3n) is 10.7. The van der Waals surface area contributed by atoms with Crippen LogP contribution in [0.5, 0.6) is 0 Å². The minimum absolute atomic E-state index is 0.773. The molecule has 0 spiro atoms. The molecule has 2 fully saturated rings. The molecule has 0 saturated carbocycles. The number of anilines is 2. The van der Waals surface area contributed by atoms with Crippen LogP contribution in [-0.4, -0.2) is 26.2 Å². The molecule has 50 heavy (non-hydrogen) atoms. The second-order valence-corrected chi connectivity index (χ2v) is 15.1. The third-order valence-corrected chi connectivity index (χ3v) is 11.2. The van der Waals surface area contributed by atoms with E-state index in [1.807, 2.05) is 12.1 Å². The van der Waals surface area contributed by atoms with Crippen molar-refractivity contribution < 1.29 is 9.13 Å². The molecule has 0 atom stereocenters. The Balaban J connectivity index is 1.07. The van der Waals surface area contributed by atoms with Gasteiger partial charge in [-0.15, -0.1) is 0 Å². The smallest absolute Gasteiger partial charge is 0.216 e. The van der Waals surface area contributed by atoms with Crippen LogP contribution in [0.4, 0.5) is 11.4 Å². The normalized spacial score (nSPS) is 15.7. The van der Waals surface area contributed by atoms with Gasteiger partial charge in [0.2, 0.25) is 11.0 Å². The SMILES string of the molecule is Clc1ccc2c(N3CCCCCC3)cc[n+](Cc3cccc(-c4cccc(C[n+]5ccc(N6CCCCCC6)c6ccc(Cl)cc65)c4)c3)c2c1. The maximum atomic E-state index is 6.59. The third kappa shape index (κ3) is 7.20. The summed E-state index contributed by atoms with van der Waals surface area (Å²) in [7, 11) is 0. The van der Waals surface area contributed by atoms with Crippen molar-refractivity contribution in [1.29, 1.82) is 0 Å². The maximum absolute atomic E-state index is 6.59. The van der Waals surface area contributed by atoms with Crippen LogP contribution in [0, 0.1) is 0 Å². The first-order chi connectivity index (χ1) is 24.6. The summed E-state index contributed by atoms with van der Waals surface area (Å²) in [5.41, 5.74) is 9.98.